The van der Waals surface area contributed by atoms with E-state index in [1.54, 1.807) is 18.5 Å². The van der Waals surface area contributed by atoms with Gasteiger partial charge in [-0.2, -0.15) is 0 Å². The Morgan fingerprint density at radius 3 is 1.71 bits per heavy atom. The predicted molar refractivity (Wildman–Crippen MR) is 22.0 cm³/mol. The third-order valence-corrected chi connectivity index (χ3v) is 0.478. The molecule has 0 spiro atoms. The summed E-state index contributed by atoms with van der Waals surface area (Å²) >= 11 is 0. The molecular formula is C4H4FeN2. The number of hydrogen-bond acceptors (Lipinski definition) is 2. The van der Waals surface area contributed by atoms with E-state index in [0.29, 0.717) is 0 Å². The van der Waals surface area contributed by atoms with Crippen LogP contribution in [-0.4, -0.2) is 9.97 Å². The third-order valence-electron chi connectivity index (χ3n) is 0.478. The molecule has 3 heteroatoms. The molecule has 1 heterocycles. The molecule has 0 fully saturated rings. The molecule has 0 amide bonds. The summed E-state index contributed by atoms with van der Waals surface area (Å²) < 4.78 is 0. The van der Waals surface area contributed by atoms with Gasteiger partial charge in [0.25, 0.3) is 0 Å². The summed E-state index contributed by atoms with van der Waals surface area (Å²) in [4.78, 5) is 7.35. The Hall–Kier alpha value is -0.401. The van der Waals surface area contributed by atoms with Crippen LogP contribution in [0.5, 0.6) is 0 Å². The second kappa shape index (κ2) is 3.78. The van der Waals surface area contributed by atoms with E-state index in [-0.39, 0.29) is 17.1 Å². The zero-order valence-corrected chi connectivity index (χ0v) is 4.66. The Kier molecular flexibility index (Phi) is 3.56. The third kappa shape index (κ3) is 2.31. The Morgan fingerprint density at radius 1 is 1.00 bits per heavy atom. The van der Waals surface area contributed by atoms with Gasteiger partial charge in [0.05, 0.1) is 0 Å². The van der Waals surface area contributed by atoms with E-state index in [4.69, 9.17) is 0 Å². The Labute approximate surface area is 52.5 Å². The molecule has 0 aliphatic carbocycles. The summed E-state index contributed by atoms with van der Waals surface area (Å²) in [6.07, 6.45) is 4.88. The van der Waals surface area contributed by atoms with Crippen molar-refractivity contribution < 1.29 is 17.1 Å². The van der Waals surface area contributed by atoms with E-state index >= 15 is 0 Å². The Morgan fingerprint density at radius 2 is 1.57 bits per heavy atom. The fourth-order valence-electron chi connectivity index (χ4n) is 0.253. The van der Waals surface area contributed by atoms with Crippen molar-refractivity contribution in [2.24, 2.45) is 0 Å². The minimum absolute atomic E-state index is 0. The fraction of sp³-hybridized carbons (Fsp3) is 0. The van der Waals surface area contributed by atoms with Crippen molar-refractivity contribution in [1.82, 2.24) is 9.97 Å². The van der Waals surface area contributed by atoms with Gasteiger partial charge in [-0.05, 0) is 6.07 Å². The largest absolute Gasteiger partial charge is 0.245 e. The molecule has 0 saturated carbocycles. The van der Waals surface area contributed by atoms with Crippen LogP contribution in [0.15, 0.2) is 24.8 Å². The molecule has 2 nitrogen and oxygen atoms in total. The van der Waals surface area contributed by atoms with Gasteiger partial charge in [0, 0.05) is 29.5 Å². The molecule has 0 aliphatic heterocycles. The van der Waals surface area contributed by atoms with Crippen LogP contribution >= 0.6 is 0 Å². The molecule has 0 unspecified atom stereocenters. The van der Waals surface area contributed by atoms with E-state index in [1.807, 2.05) is 0 Å². The normalized spacial score (nSPS) is 6.86. The summed E-state index contributed by atoms with van der Waals surface area (Å²) in [5.41, 5.74) is 0. The average molecular weight is 136 g/mol. The first-order valence-electron chi connectivity index (χ1n) is 1.70. The Bertz CT molecular complexity index is 81.6. The maximum Gasteiger partial charge on any atom is 0.115 e. The molecule has 0 aromatic carbocycles. The zero-order valence-electron chi connectivity index (χ0n) is 3.56. The smallest absolute Gasteiger partial charge is 0.115 e. The second-order valence-electron chi connectivity index (χ2n) is 0.904. The van der Waals surface area contributed by atoms with Crippen molar-refractivity contribution >= 4 is 0 Å². The topological polar surface area (TPSA) is 25.8 Å². The van der Waals surface area contributed by atoms with Gasteiger partial charge in [-0.1, -0.05) is 0 Å². The van der Waals surface area contributed by atoms with Crippen molar-refractivity contribution in [1.29, 1.82) is 0 Å². The van der Waals surface area contributed by atoms with Gasteiger partial charge >= 0.3 is 0 Å². The fourth-order valence-corrected chi connectivity index (χ4v) is 0.253. The van der Waals surface area contributed by atoms with Crippen LogP contribution in [-0.2, 0) is 17.1 Å². The first-order chi connectivity index (χ1) is 3.00. The number of rotatable bonds is 0. The minimum Gasteiger partial charge on any atom is -0.245 e. The summed E-state index contributed by atoms with van der Waals surface area (Å²) in [5.74, 6) is 0. The standard InChI is InChI=1S/C4H4N2.Fe/c1-2-5-4-6-3-1;/h1-4H;. The molecule has 7 heavy (non-hydrogen) atoms. The van der Waals surface area contributed by atoms with Crippen molar-refractivity contribution in [2.75, 3.05) is 0 Å². The van der Waals surface area contributed by atoms with E-state index in [2.05, 4.69) is 9.97 Å². The van der Waals surface area contributed by atoms with E-state index in [1.165, 1.54) is 6.33 Å². The van der Waals surface area contributed by atoms with Gasteiger partial charge in [0.2, 0.25) is 0 Å². The number of nitrogens with zero attached hydrogens (tertiary/aromatic N) is 2. The molecule has 0 bridgehead atoms. The molecule has 1 rings (SSSR count). The van der Waals surface area contributed by atoms with Gasteiger partial charge in [-0.3, -0.25) is 0 Å². The predicted octanol–water partition coefficient (Wildman–Crippen LogP) is 0.474. The molecule has 38 valence electrons. The van der Waals surface area contributed by atoms with Gasteiger partial charge in [0.15, 0.2) is 0 Å². The van der Waals surface area contributed by atoms with Crippen molar-refractivity contribution in [3.63, 3.8) is 0 Å². The summed E-state index contributed by atoms with van der Waals surface area (Å²) in [6.45, 7) is 0. The average Bonchev–Trinajstić information content (AvgIpc) is 1.72. The van der Waals surface area contributed by atoms with E-state index in [0.717, 1.165) is 0 Å². The zero-order chi connectivity index (χ0) is 4.24. The van der Waals surface area contributed by atoms with Crippen LogP contribution in [0, 0.1) is 0 Å². The first-order valence-corrected chi connectivity index (χ1v) is 1.70. The van der Waals surface area contributed by atoms with Crippen LogP contribution in [0.3, 0.4) is 0 Å². The first kappa shape index (κ1) is 6.60. The van der Waals surface area contributed by atoms with Crippen LogP contribution in [0.1, 0.15) is 0 Å². The molecule has 0 atom stereocenters. The maximum absolute atomic E-state index is 3.67. The SMILES string of the molecule is [Fe].c1cncnc1. The van der Waals surface area contributed by atoms with Crippen molar-refractivity contribution in [2.45, 2.75) is 0 Å². The van der Waals surface area contributed by atoms with Gasteiger partial charge in [-0.15, -0.1) is 0 Å². The summed E-state index contributed by atoms with van der Waals surface area (Å²) in [5, 5.41) is 0. The monoisotopic (exact) mass is 136 g/mol. The van der Waals surface area contributed by atoms with Crippen LogP contribution in [0.2, 0.25) is 0 Å². The molecule has 0 N–H and O–H groups in total. The molecule has 1 aromatic heterocycles. The van der Waals surface area contributed by atoms with Gasteiger partial charge < -0.3 is 0 Å². The molecule has 1 aromatic rings. The van der Waals surface area contributed by atoms with E-state index in [9.17, 15) is 0 Å². The second-order valence-corrected chi connectivity index (χ2v) is 0.904. The van der Waals surface area contributed by atoms with Crippen LogP contribution in [0.25, 0.3) is 0 Å². The quantitative estimate of drug-likeness (QED) is 0.484. The molecule has 0 aliphatic rings. The summed E-state index contributed by atoms with van der Waals surface area (Å²) in [6, 6.07) is 1.78. The molecule has 0 saturated heterocycles. The molecular weight excluding hydrogens is 132 g/mol. The minimum atomic E-state index is 0. The van der Waals surface area contributed by atoms with Gasteiger partial charge in [-0.25, -0.2) is 9.97 Å². The van der Waals surface area contributed by atoms with Gasteiger partial charge in [0.1, 0.15) is 6.33 Å². The maximum atomic E-state index is 3.67. The van der Waals surface area contributed by atoms with Crippen molar-refractivity contribution in [3.05, 3.63) is 24.8 Å². The van der Waals surface area contributed by atoms with Crippen molar-refractivity contribution in [3.8, 4) is 0 Å². The number of aromatic nitrogens is 2. The Balaban J connectivity index is 0.000000360. The van der Waals surface area contributed by atoms with Crippen LogP contribution in [0.4, 0.5) is 0 Å². The van der Waals surface area contributed by atoms with E-state index < -0.39 is 0 Å². The van der Waals surface area contributed by atoms with Crippen LogP contribution < -0.4 is 0 Å². The molecule has 0 radical (unpaired) electrons. The number of hydrogen-bond donors (Lipinski definition) is 0. The summed E-state index contributed by atoms with van der Waals surface area (Å²) in [7, 11) is 0.